The van der Waals surface area contributed by atoms with Gasteiger partial charge in [0, 0.05) is 23.2 Å². The largest absolute Gasteiger partial charge is 0.493 e. The lowest BCUT2D eigenvalue weighted by molar-refractivity contribution is 0.0951. The van der Waals surface area contributed by atoms with E-state index in [2.05, 4.69) is 35.1 Å². The number of halogens is 2. The fraction of sp³-hybridized carbons (Fsp3) is 0.381. The summed E-state index contributed by atoms with van der Waals surface area (Å²) in [5, 5.41) is 3.36. The van der Waals surface area contributed by atoms with E-state index in [-0.39, 0.29) is 12.5 Å². The molecule has 0 aliphatic heterocycles. The van der Waals surface area contributed by atoms with E-state index in [0.717, 1.165) is 22.2 Å². The molecule has 5 nitrogen and oxygen atoms in total. The molecule has 28 heavy (non-hydrogen) atoms. The lowest BCUT2D eigenvalue weighted by Crippen LogP contribution is -2.23. The van der Waals surface area contributed by atoms with E-state index in [4.69, 9.17) is 25.8 Å². The van der Waals surface area contributed by atoms with Crippen LogP contribution in [0.25, 0.3) is 0 Å². The van der Waals surface area contributed by atoms with Crippen LogP contribution in [0.2, 0.25) is 5.02 Å². The molecule has 1 N–H and O–H groups in total. The average molecular weight is 471 g/mol. The quantitative estimate of drug-likeness (QED) is 0.527. The van der Waals surface area contributed by atoms with Crippen LogP contribution in [0.15, 0.2) is 34.8 Å². The Hall–Kier alpha value is -1.92. The highest BCUT2D eigenvalue weighted by molar-refractivity contribution is 9.10. The normalized spacial score (nSPS) is 10.7. The molecule has 0 atom stereocenters. The Labute approximate surface area is 179 Å². The molecule has 2 rings (SSSR count). The van der Waals surface area contributed by atoms with E-state index in [9.17, 15) is 4.79 Å². The van der Waals surface area contributed by atoms with Crippen molar-refractivity contribution < 1.29 is 19.0 Å². The van der Waals surface area contributed by atoms with E-state index >= 15 is 0 Å². The number of hydrogen-bond donors (Lipinski definition) is 1. The number of hydrogen-bond acceptors (Lipinski definition) is 4. The van der Waals surface area contributed by atoms with Crippen LogP contribution in [-0.2, 0) is 6.54 Å². The van der Waals surface area contributed by atoms with Gasteiger partial charge in [-0.3, -0.25) is 4.79 Å². The molecule has 0 spiro atoms. The van der Waals surface area contributed by atoms with Crippen molar-refractivity contribution in [2.24, 2.45) is 5.92 Å². The Bertz CT molecular complexity index is 826. The topological polar surface area (TPSA) is 56.8 Å². The summed E-state index contributed by atoms with van der Waals surface area (Å²) in [6.07, 6.45) is 0.973. The number of carbonyl (C=O) groups is 1. The van der Waals surface area contributed by atoms with Crippen molar-refractivity contribution in [3.05, 3.63) is 51.0 Å². The van der Waals surface area contributed by atoms with Crippen molar-refractivity contribution in [2.45, 2.75) is 26.8 Å². The van der Waals surface area contributed by atoms with Crippen molar-refractivity contribution in [3.63, 3.8) is 0 Å². The van der Waals surface area contributed by atoms with Gasteiger partial charge in [0.05, 0.1) is 25.3 Å². The Kier molecular flexibility index (Phi) is 8.45. The second-order valence-electron chi connectivity index (χ2n) is 6.66. The number of benzene rings is 2. The number of rotatable bonds is 9. The van der Waals surface area contributed by atoms with Crippen LogP contribution in [-0.4, -0.2) is 26.7 Å². The van der Waals surface area contributed by atoms with Gasteiger partial charge in [-0.15, -0.1) is 0 Å². The highest BCUT2D eigenvalue weighted by Crippen LogP contribution is 2.33. The third-order valence-electron chi connectivity index (χ3n) is 4.14. The van der Waals surface area contributed by atoms with Gasteiger partial charge in [-0.1, -0.05) is 25.4 Å². The van der Waals surface area contributed by atoms with Crippen LogP contribution in [0.1, 0.15) is 36.2 Å². The highest BCUT2D eigenvalue weighted by atomic mass is 79.9. The molecule has 0 saturated heterocycles. The number of methoxy groups -OCH3 is 2. The number of nitrogens with one attached hydrogen (secondary N) is 1. The maximum absolute atomic E-state index is 12.5. The molecule has 0 saturated carbocycles. The zero-order valence-corrected chi connectivity index (χ0v) is 18.8. The van der Waals surface area contributed by atoms with E-state index in [1.54, 1.807) is 44.6 Å². The average Bonchev–Trinajstić information content (AvgIpc) is 2.67. The van der Waals surface area contributed by atoms with Gasteiger partial charge in [-0.25, -0.2) is 0 Å². The molecule has 7 heteroatoms. The molecule has 0 unspecified atom stereocenters. The first-order valence-electron chi connectivity index (χ1n) is 8.96. The highest BCUT2D eigenvalue weighted by Gasteiger charge is 2.13. The SMILES string of the molecule is COc1cc(Cl)c(CNC(=O)c2ccc(OCCC(C)C)c(Br)c2)cc1OC. The zero-order valence-electron chi connectivity index (χ0n) is 16.5. The second kappa shape index (κ2) is 10.6. The van der Waals surface area contributed by atoms with Gasteiger partial charge in [0.1, 0.15) is 5.75 Å². The van der Waals surface area contributed by atoms with Crippen LogP contribution >= 0.6 is 27.5 Å². The Morgan fingerprint density at radius 2 is 1.79 bits per heavy atom. The summed E-state index contributed by atoms with van der Waals surface area (Å²) < 4.78 is 17.0. The third kappa shape index (κ3) is 6.04. The summed E-state index contributed by atoms with van der Waals surface area (Å²) in [5.74, 6) is 2.19. The number of carbonyl (C=O) groups excluding carboxylic acids is 1. The van der Waals surface area contributed by atoms with Gasteiger partial charge < -0.3 is 19.5 Å². The lowest BCUT2D eigenvalue weighted by Gasteiger charge is -2.13. The molecular weight excluding hydrogens is 446 g/mol. The van der Waals surface area contributed by atoms with Gasteiger partial charge >= 0.3 is 0 Å². The first-order chi connectivity index (χ1) is 13.3. The molecule has 152 valence electrons. The molecule has 0 bridgehead atoms. The number of ether oxygens (including phenoxy) is 3. The van der Waals surface area contributed by atoms with Gasteiger partial charge in [-0.05, 0) is 58.1 Å². The number of amides is 1. The van der Waals surface area contributed by atoms with Crippen LogP contribution < -0.4 is 19.5 Å². The molecule has 0 aliphatic rings. The Balaban J connectivity index is 2.02. The molecular formula is C21H25BrClNO4. The molecule has 0 heterocycles. The zero-order chi connectivity index (χ0) is 20.7. The van der Waals surface area contributed by atoms with Gasteiger partial charge in [0.2, 0.25) is 0 Å². The minimum absolute atomic E-state index is 0.208. The summed E-state index contributed by atoms with van der Waals surface area (Å²) in [5.41, 5.74) is 1.26. The summed E-state index contributed by atoms with van der Waals surface area (Å²) in [6, 6.07) is 8.70. The monoisotopic (exact) mass is 469 g/mol. The molecule has 0 radical (unpaired) electrons. The minimum atomic E-state index is -0.208. The van der Waals surface area contributed by atoms with Crippen molar-refractivity contribution >= 4 is 33.4 Å². The third-order valence-corrected chi connectivity index (χ3v) is 5.11. The van der Waals surface area contributed by atoms with E-state index < -0.39 is 0 Å². The van der Waals surface area contributed by atoms with Crippen LogP contribution in [0.3, 0.4) is 0 Å². The standard InChI is InChI=1S/C21H25BrClNO4/c1-13(2)7-8-28-18-6-5-14(9-16(18)22)21(25)24-12-15-10-19(26-3)20(27-4)11-17(15)23/h5-6,9-11,13H,7-8,12H2,1-4H3,(H,24,25). The fourth-order valence-corrected chi connectivity index (χ4v) is 3.19. The smallest absolute Gasteiger partial charge is 0.251 e. The van der Waals surface area contributed by atoms with Gasteiger partial charge in [0.15, 0.2) is 11.5 Å². The molecule has 0 aliphatic carbocycles. The van der Waals surface area contributed by atoms with E-state index in [1.165, 1.54) is 0 Å². The van der Waals surface area contributed by atoms with Crippen molar-refractivity contribution in [1.82, 2.24) is 5.32 Å². The van der Waals surface area contributed by atoms with Gasteiger partial charge in [-0.2, -0.15) is 0 Å². The first-order valence-corrected chi connectivity index (χ1v) is 10.1. The van der Waals surface area contributed by atoms with Crippen LogP contribution in [0, 0.1) is 5.92 Å². The molecule has 2 aromatic carbocycles. The first kappa shape index (κ1) is 22.4. The predicted molar refractivity (Wildman–Crippen MR) is 115 cm³/mol. The fourth-order valence-electron chi connectivity index (χ4n) is 2.47. The van der Waals surface area contributed by atoms with Crippen LogP contribution in [0.5, 0.6) is 17.2 Å². The van der Waals surface area contributed by atoms with Gasteiger partial charge in [0.25, 0.3) is 5.91 Å². The molecule has 0 aromatic heterocycles. The summed E-state index contributed by atoms with van der Waals surface area (Å²) in [7, 11) is 3.10. The summed E-state index contributed by atoms with van der Waals surface area (Å²) >= 11 is 9.74. The van der Waals surface area contributed by atoms with E-state index in [1.807, 2.05) is 0 Å². The molecule has 0 fully saturated rings. The van der Waals surface area contributed by atoms with E-state index in [0.29, 0.717) is 34.6 Å². The summed E-state index contributed by atoms with van der Waals surface area (Å²) in [4.78, 5) is 12.5. The van der Waals surface area contributed by atoms with Crippen molar-refractivity contribution in [2.75, 3.05) is 20.8 Å². The maximum atomic E-state index is 12.5. The maximum Gasteiger partial charge on any atom is 0.251 e. The molecule has 2 aromatic rings. The Morgan fingerprint density at radius 1 is 1.11 bits per heavy atom. The van der Waals surface area contributed by atoms with Crippen molar-refractivity contribution in [1.29, 1.82) is 0 Å². The predicted octanol–water partition coefficient (Wildman–Crippen LogP) is 5.47. The summed E-state index contributed by atoms with van der Waals surface area (Å²) in [6.45, 7) is 5.20. The van der Waals surface area contributed by atoms with Crippen LogP contribution in [0.4, 0.5) is 0 Å². The minimum Gasteiger partial charge on any atom is -0.493 e. The molecule has 1 amide bonds. The second-order valence-corrected chi connectivity index (χ2v) is 7.92. The van der Waals surface area contributed by atoms with Crippen molar-refractivity contribution in [3.8, 4) is 17.2 Å². The Morgan fingerprint density at radius 3 is 2.39 bits per heavy atom. The lowest BCUT2D eigenvalue weighted by atomic mass is 10.1.